The topological polar surface area (TPSA) is 102 Å². The molecule has 1 aromatic carbocycles. The number of nitrogens with two attached hydrogens (primary N) is 1. The van der Waals surface area contributed by atoms with E-state index >= 15 is 0 Å². The van der Waals surface area contributed by atoms with E-state index in [1.54, 1.807) is 30.3 Å². The fourth-order valence-electron chi connectivity index (χ4n) is 1.35. The molecule has 98 valence electrons. The van der Waals surface area contributed by atoms with Crippen LogP contribution in [0.2, 0.25) is 0 Å². The lowest BCUT2D eigenvalue weighted by Crippen LogP contribution is -2.43. The molecule has 0 radical (unpaired) electrons. The van der Waals surface area contributed by atoms with Crippen LogP contribution in [0.3, 0.4) is 0 Å². The highest BCUT2D eigenvalue weighted by Crippen LogP contribution is 2.10. The van der Waals surface area contributed by atoms with Crippen molar-refractivity contribution in [2.45, 2.75) is 12.5 Å². The largest absolute Gasteiger partial charge is 0.425 e. The van der Waals surface area contributed by atoms with Crippen molar-refractivity contribution in [2.24, 2.45) is 5.73 Å². The first-order valence-corrected chi connectivity index (χ1v) is 5.52. The normalized spacial score (nSPS) is 11.8. The second kappa shape index (κ2) is 7.41. The lowest BCUT2D eigenvalue weighted by Gasteiger charge is -2.15. The summed E-state index contributed by atoms with van der Waals surface area (Å²) in [6.07, 6.45) is -0.175. The first kappa shape index (κ1) is 14.1. The summed E-state index contributed by atoms with van der Waals surface area (Å²) in [5.74, 6) is -0.827. The number of para-hydroxylation sites is 1. The first-order chi connectivity index (χ1) is 8.63. The van der Waals surface area contributed by atoms with Gasteiger partial charge in [-0.05, 0) is 12.1 Å². The van der Waals surface area contributed by atoms with Gasteiger partial charge in [-0.15, -0.1) is 0 Å². The zero-order valence-corrected chi connectivity index (χ0v) is 9.83. The number of amides is 1. The molecule has 18 heavy (non-hydrogen) atoms. The Balaban J connectivity index is 2.60. The van der Waals surface area contributed by atoms with Crippen molar-refractivity contribution in [1.82, 2.24) is 5.32 Å². The SMILES string of the molecule is NC(=O)C[C@H](NCCO)C(=O)Oc1ccccc1. The number of aliphatic hydroxyl groups is 1. The van der Waals surface area contributed by atoms with Gasteiger partial charge in [0.2, 0.25) is 5.91 Å². The summed E-state index contributed by atoms with van der Waals surface area (Å²) in [7, 11) is 0. The Labute approximate surface area is 105 Å². The molecule has 0 fully saturated rings. The quantitative estimate of drug-likeness (QED) is 0.445. The number of carbonyl (C=O) groups is 2. The molecule has 1 atom stereocenters. The average molecular weight is 252 g/mol. The third kappa shape index (κ3) is 4.94. The van der Waals surface area contributed by atoms with Gasteiger partial charge in [-0.1, -0.05) is 18.2 Å². The maximum atomic E-state index is 11.8. The smallest absolute Gasteiger partial charge is 0.329 e. The number of nitrogens with one attached hydrogen (secondary N) is 1. The van der Waals surface area contributed by atoms with Gasteiger partial charge in [-0.25, -0.2) is 4.79 Å². The van der Waals surface area contributed by atoms with Crippen molar-refractivity contribution in [2.75, 3.05) is 13.2 Å². The van der Waals surface area contributed by atoms with Crippen LogP contribution >= 0.6 is 0 Å². The summed E-state index contributed by atoms with van der Waals surface area (Å²) in [5, 5.41) is 11.4. The molecule has 0 aromatic heterocycles. The lowest BCUT2D eigenvalue weighted by atomic mass is 10.2. The molecular weight excluding hydrogens is 236 g/mol. The van der Waals surface area contributed by atoms with Crippen molar-refractivity contribution in [3.8, 4) is 5.75 Å². The first-order valence-electron chi connectivity index (χ1n) is 5.52. The van der Waals surface area contributed by atoms with Crippen molar-refractivity contribution in [3.63, 3.8) is 0 Å². The standard InChI is InChI=1S/C12H16N2O4/c13-11(16)8-10(14-6-7-15)12(17)18-9-4-2-1-3-5-9/h1-5,10,14-15H,6-8H2,(H2,13,16)/t10-/m0/s1. The molecule has 0 bridgehead atoms. The number of benzene rings is 1. The molecule has 6 heteroatoms. The fourth-order valence-corrected chi connectivity index (χ4v) is 1.35. The molecule has 0 unspecified atom stereocenters. The Morgan fingerprint density at radius 2 is 2.00 bits per heavy atom. The number of ether oxygens (including phenoxy) is 1. The second-order valence-corrected chi connectivity index (χ2v) is 3.63. The van der Waals surface area contributed by atoms with Gasteiger partial charge in [0.25, 0.3) is 0 Å². The van der Waals surface area contributed by atoms with Gasteiger partial charge < -0.3 is 20.9 Å². The van der Waals surface area contributed by atoms with Crippen LogP contribution in [0.4, 0.5) is 0 Å². The minimum atomic E-state index is -0.852. The molecule has 6 nitrogen and oxygen atoms in total. The van der Waals surface area contributed by atoms with E-state index in [1.807, 2.05) is 0 Å². The number of esters is 1. The molecule has 0 saturated carbocycles. The van der Waals surface area contributed by atoms with Gasteiger partial charge in [0.05, 0.1) is 13.0 Å². The summed E-state index contributed by atoms with van der Waals surface area (Å²) in [5.41, 5.74) is 5.05. The molecule has 4 N–H and O–H groups in total. The van der Waals surface area contributed by atoms with Gasteiger partial charge in [-0.2, -0.15) is 0 Å². The van der Waals surface area contributed by atoms with Gasteiger partial charge in [-0.3, -0.25) is 4.79 Å². The van der Waals surface area contributed by atoms with E-state index in [1.165, 1.54) is 0 Å². The third-order valence-corrected chi connectivity index (χ3v) is 2.15. The maximum Gasteiger partial charge on any atom is 0.329 e. The predicted molar refractivity (Wildman–Crippen MR) is 64.8 cm³/mol. The number of aliphatic hydroxyl groups excluding tert-OH is 1. The summed E-state index contributed by atoms with van der Waals surface area (Å²) in [4.78, 5) is 22.6. The molecule has 1 rings (SSSR count). The highest BCUT2D eigenvalue weighted by Gasteiger charge is 2.22. The minimum Gasteiger partial charge on any atom is -0.425 e. The van der Waals surface area contributed by atoms with E-state index in [2.05, 4.69) is 5.32 Å². The van der Waals surface area contributed by atoms with Crippen molar-refractivity contribution < 1.29 is 19.4 Å². The Bertz CT molecular complexity index is 394. The zero-order chi connectivity index (χ0) is 13.4. The summed E-state index contributed by atoms with van der Waals surface area (Å²) >= 11 is 0. The van der Waals surface area contributed by atoms with E-state index in [4.69, 9.17) is 15.6 Å². The highest BCUT2D eigenvalue weighted by atomic mass is 16.5. The van der Waals surface area contributed by atoms with Gasteiger partial charge in [0, 0.05) is 6.54 Å². The van der Waals surface area contributed by atoms with E-state index in [9.17, 15) is 9.59 Å². The van der Waals surface area contributed by atoms with Gasteiger partial charge >= 0.3 is 5.97 Å². The van der Waals surface area contributed by atoms with Crippen LogP contribution in [-0.2, 0) is 9.59 Å². The van der Waals surface area contributed by atoms with Gasteiger partial charge in [0.15, 0.2) is 0 Å². The summed E-state index contributed by atoms with van der Waals surface area (Å²) < 4.78 is 5.08. The molecule has 0 aliphatic heterocycles. The third-order valence-electron chi connectivity index (χ3n) is 2.15. The Morgan fingerprint density at radius 3 is 2.56 bits per heavy atom. The second-order valence-electron chi connectivity index (χ2n) is 3.63. The Hall–Kier alpha value is -1.92. The monoisotopic (exact) mass is 252 g/mol. The molecule has 0 aliphatic carbocycles. The summed E-state index contributed by atoms with van der Waals surface area (Å²) in [6.45, 7) is 0.0374. The van der Waals surface area contributed by atoms with E-state index in [-0.39, 0.29) is 19.6 Å². The van der Waals surface area contributed by atoms with E-state index in [0.29, 0.717) is 5.75 Å². The van der Waals surface area contributed by atoms with E-state index < -0.39 is 17.9 Å². The minimum absolute atomic E-state index is 0.145. The average Bonchev–Trinajstić information content (AvgIpc) is 2.35. The summed E-state index contributed by atoms with van der Waals surface area (Å²) in [6, 6.07) is 7.66. The number of hydrogen-bond donors (Lipinski definition) is 3. The molecule has 0 spiro atoms. The fraction of sp³-hybridized carbons (Fsp3) is 0.333. The Kier molecular flexibility index (Phi) is 5.83. The van der Waals surface area contributed by atoms with Crippen LogP contribution in [0, 0.1) is 0 Å². The maximum absolute atomic E-state index is 11.8. The predicted octanol–water partition coefficient (Wildman–Crippen LogP) is -0.582. The van der Waals surface area contributed by atoms with Crippen LogP contribution < -0.4 is 15.8 Å². The van der Waals surface area contributed by atoms with Crippen molar-refractivity contribution in [3.05, 3.63) is 30.3 Å². The molecule has 1 amide bonds. The lowest BCUT2D eigenvalue weighted by molar-refractivity contribution is -0.138. The zero-order valence-electron chi connectivity index (χ0n) is 9.83. The molecule has 0 aliphatic rings. The van der Waals surface area contributed by atoms with Crippen LogP contribution in [0.1, 0.15) is 6.42 Å². The molecule has 0 saturated heterocycles. The molecule has 0 heterocycles. The number of hydrogen-bond acceptors (Lipinski definition) is 5. The highest BCUT2D eigenvalue weighted by molar-refractivity contribution is 5.85. The number of carbonyl (C=O) groups excluding carboxylic acids is 2. The van der Waals surface area contributed by atoms with Gasteiger partial charge in [0.1, 0.15) is 11.8 Å². The molecule has 1 aromatic rings. The number of rotatable bonds is 7. The Morgan fingerprint density at radius 1 is 1.33 bits per heavy atom. The number of primary amides is 1. The van der Waals surface area contributed by atoms with Crippen LogP contribution in [0.5, 0.6) is 5.75 Å². The van der Waals surface area contributed by atoms with E-state index in [0.717, 1.165) is 0 Å². The van der Waals surface area contributed by atoms with Crippen LogP contribution in [0.25, 0.3) is 0 Å². The van der Waals surface area contributed by atoms with Crippen LogP contribution in [0.15, 0.2) is 30.3 Å². The van der Waals surface area contributed by atoms with Crippen molar-refractivity contribution >= 4 is 11.9 Å². The van der Waals surface area contributed by atoms with Crippen LogP contribution in [-0.4, -0.2) is 36.2 Å². The molecular formula is C12H16N2O4. The van der Waals surface area contributed by atoms with Crippen molar-refractivity contribution in [1.29, 1.82) is 0 Å².